The van der Waals surface area contributed by atoms with Crippen LogP contribution in [0.4, 0.5) is 15.2 Å². The van der Waals surface area contributed by atoms with Crippen LogP contribution in [0.1, 0.15) is 40.6 Å². The molecule has 0 bridgehead atoms. The summed E-state index contributed by atoms with van der Waals surface area (Å²) in [7, 11) is 0. The Balaban J connectivity index is 1.42. The van der Waals surface area contributed by atoms with Crippen molar-refractivity contribution in [1.29, 1.82) is 0 Å². The van der Waals surface area contributed by atoms with Gasteiger partial charge in [-0.2, -0.15) is 0 Å². The van der Waals surface area contributed by atoms with Gasteiger partial charge in [-0.3, -0.25) is 0 Å². The first-order valence-electron chi connectivity index (χ1n) is 10.00. The number of anilines is 2. The zero-order valence-corrected chi connectivity index (χ0v) is 19.0. The molecule has 1 unspecified atom stereocenters. The molecule has 0 aliphatic heterocycles. The summed E-state index contributed by atoms with van der Waals surface area (Å²) >= 11 is 14.2. The minimum atomic E-state index is -0.324. The van der Waals surface area contributed by atoms with Crippen LogP contribution in [0.15, 0.2) is 48.9 Å². The van der Waals surface area contributed by atoms with Gasteiger partial charge in [-0.25, -0.2) is 14.4 Å². The van der Waals surface area contributed by atoms with Crippen LogP contribution in [0.25, 0.3) is 5.69 Å². The standard InChI is InChI=1S/C23H19Cl2FN4S/c1-13-11-30(12-27-13)20-8-6-15(10-19(20)26)28-23-29-22-17(3-2-4-21(22)31-23)16-7-5-14(24)9-18(16)25/h5-12,17H,2-4H2,1H3,(H,28,29). The molecule has 0 spiro atoms. The van der Waals surface area contributed by atoms with E-state index < -0.39 is 0 Å². The number of thiazole rings is 1. The van der Waals surface area contributed by atoms with Crippen molar-refractivity contribution in [3.05, 3.63) is 86.6 Å². The Labute approximate surface area is 193 Å². The normalized spacial score (nSPS) is 15.7. The van der Waals surface area contributed by atoms with Gasteiger partial charge in [-0.05, 0) is 62.1 Å². The van der Waals surface area contributed by atoms with E-state index in [0.717, 1.165) is 41.3 Å². The molecule has 0 saturated carbocycles. The summed E-state index contributed by atoms with van der Waals surface area (Å²) in [5.41, 5.74) is 4.06. The van der Waals surface area contributed by atoms with E-state index >= 15 is 0 Å². The number of fused-ring (bicyclic) bond motifs is 1. The van der Waals surface area contributed by atoms with Gasteiger partial charge in [-0.1, -0.05) is 29.3 Å². The van der Waals surface area contributed by atoms with Crippen LogP contribution in [0.2, 0.25) is 10.0 Å². The summed E-state index contributed by atoms with van der Waals surface area (Å²) in [5, 5.41) is 5.32. The van der Waals surface area contributed by atoms with Gasteiger partial charge in [-0.15, -0.1) is 11.3 Å². The van der Waals surface area contributed by atoms with Crippen LogP contribution in [-0.2, 0) is 6.42 Å². The maximum absolute atomic E-state index is 14.7. The second-order valence-electron chi connectivity index (χ2n) is 7.65. The van der Waals surface area contributed by atoms with Gasteiger partial charge in [0.15, 0.2) is 5.13 Å². The number of benzene rings is 2. The zero-order chi connectivity index (χ0) is 21.5. The van der Waals surface area contributed by atoms with Gasteiger partial charge < -0.3 is 9.88 Å². The van der Waals surface area contributed by atoms with E-state index in [-0.39, 0.29) is 11.7 Å². The molecular weight excluding hydrogens is 454 g/mol. The highest BCUT2D eigenvalue weighted by Crippen LogP contribution is 2.43. The Morgan fingerprint density at radius 2 is 2.06 bits per heavy atom. The number of hydrogen-bond acceptors (Lipinski definition) is 4. The molecule has 8 heteroatoms. The van der Waals surface area contributed by atoms with E-state index in [1.807, 2.05) is 25.1 Å². The van der Waals surface area contributed by atoms with E-state index in [1.165, 1.54) is 10.9 Å². The maximum Gasteiger partial charge on any atom is 0.187 e. The fourth-order valence-corrected chi connectivity index (χ4v) is 5.65. The Morgan fingerprint density at radius 3 is 2.81 bits per heavy atom. The third-order valence-electron chi connectivity index (χ3n) is 5.48. The second-order valence-corrected chi connectivity index (χ2v) is 9.58. The fraction of sp³-hybridized carbons (Fsp3) is 0.217. The van der Waals surface area contributed by atoms with Crippen LogP contribution in [0, 0.1) is 12.7 Å². The minimum Gasteiger partial charge on any atom is -0.331 e. The van der Waals surface area contributed by atoms with E-state index in [2.05, 4.69) is 10.3 Å². The minimum absolute atomic E-state index is 0.143. The molecular formula is C23H19Cl2FN4S. The largest absolute Gasteiger partial charge is 0.331 e. The molecule has 0 fully saturated rings. The van der Waals surface area contributed by atoms with Crippen molar-refractivity contribution in [3.8, 4) is 5.69 Å². The molecule has 4 aromatic rings. The third-order valence-corrected chi connectivity index (χ3v) is 7.09. The van der Waals surface area contributed by atoms with Crippen LogP contribution in [0.5, 0.6) is 0 Å². The lowest BCUT2D eigenvalue weighted by Crippen LogP contribution is -2.10. The summed E-state index contributed by atoms with van der Waals surface area (Å²) < 4.78 is 16.4. The number of hydrogen-bond donors (Lipinski definition) is 1. The summed E-state index contributed by atoms with van der Waals surface area (Å²) in [6, 6.07) is 10.7. The molecule has 4 nitrogen and oxygen atoms in total. The SMILES string of the molecule is Cc1cn(-c2ccc(Nc3nc4c(s3)CCCC4c3ccc(Cl)cc3Cl)cc2F)cn1. The van der Waals surface area contributed by atoms with Crippen LogP contribution in [0.3, 0.4) is 0 Å². The molecule has 0 saturated heterocycles. The van der Waals surface area contributed by atoms with Gasteiger partial charge in [0.1, 0.15) is 5.82 Å². The summed E-state index contributed by atoms with van der Waals surface area (Å²) in [5.74, 6) is -0.182. The topological polar surface area (TPSA) is 42.7 Å². The average Bonchev–Trinajstić information content (AvgIpc) is 3.34. The highest BCUT2D eigenvalue weighted by Gasteiger charge is 2.27. The van der Waals surface area contributed by atoms with E-state index in [1.54, 1.807) is 40.6 Å². The quantitative estimate of drug-likeness (QED) is 0.338. The zero-order valence-electron chi connectivity index (χ0n) is 16.7. The van der Waals surface area contributed by atoms with Crippen molar-refractivity contribution in [2.75, 3.05) is 5.32 Å². The van der Waals surface area contributed by atoms with Crippen LogP contribution < -0.4 is 5.32 Å². The number of nitrogens with zero attached hydrogens (tertiary/aromatic N) is 3. The number of aromatic nitrogens is 3. The molecule has 1 atom stereocenters. The fourth-order valence-electron chi connectivity index (χ4n) is 4.03. The second kappa shape index (κ2) is 8.26. The number of aryl methyl sites for hydroxylation is 2. The Hall–Kier alpha value is -2.41. The molecule has 1 aliphatic rings. The molecule has 2 heterocycles. The van der Waals surface area contributed by atoms with Crippen molar-refractivity contribution in [2.45, 2.75) is 32.1 Å². The van der Waals surface area contributed by atoms with Crippen molar-refractivity contribution in [3.63, 3.8) is 0 Å². The summed E-state index contributed by atoms with van der Waals surface area (Å²) in [4.78, 5) is 10.3. The Morgan fingerprint density at radius 1 is 1.19 bits per heavy atom. The van der Waals surface area contributed by atoms with Gasteiger partial charge in [0.2, 0.25) is 0 Å². The van der Waals surface area contributed by atoms with Gasteiger partial charge in [0, 0.05) is 32.7 Å². The number of halogens is 3. The van der Waals surface area contributed by atoms with Gasteiger partial charge in [0.25, 0.3) is 0 Å². The average molecular weight is 473 g/mol. The lowest BCUT2D eigenvalue weighted by molar-refractivity contribution is 0.610. The van der Waals surface area contributed by atoms with Crippen molar-refractivity contribution in [2.24, 2.45) is 0 Å². The third kappa shape index (κ3) is 4.07. The molecule has 2 aromatic carbocycles. The van der Waals surface area contributed by atoms with Crippen LogP contribution >= 0.6 is 34.5 Å². The molecule has 2 aromatic heterocycles. The van der Waals surface area contributed by atoms with Crippen molar-refractivity contribution < 1.29 is 4.39 Å². The summed E-state index contributed by atoms with van der Waals surface area (Å²) in [6.07, 6.45) is 6.46. The lowest BCUT2D eigenvalue weighted by atomic mass is 9.85. The van der Waals surface area contributed by atoms with Gasteiger partial charge in [0.05, 0.1) is 23.4 Å². The molecule has 0 amide bonds. The molecule has 158 valence electrons. The first-order chi connectivity index (χ1) is 15.0. The molecule has 1 N–H and O–H groups in total. The number of nitrogens with one attached hydrogen (secondary N) is 1. The first-order valence-corrected chi connectivity index (χ1v) is 11.6. The molecule has 0 radical (unpaired) electrons. The smallest absolute Gasteiger partial charge is 0.187 e. The molecule has 1 aliphatic carbocycles. The van der Waals surface area contributed by atoms with Crippen molar-refractivity contribution in [1.82, 2.24) is 14.5 Å². The number of imidazole rings is 1. The monoisotopic (exact) mass is 472 g/mol. The Bertz CT molecular complexity index is 1270. The Kier molecular flexibility index (Phi) is 5.46. The predicted molar refractivity (Wildman–Crippen MR) is 125 cm³/mol. The van der Waals surface area contributed by atoms with E-state index in [9.17, 15) is 4.39 Å². The molecule has 31 heavy (non-hydrogen) atoms. The van der Waals surface area contributed by atoms with E-state index in [4.69, 9.17) is 28.2 Å². The molecule has 5 rings (SSSR count). The highest BCUT2D eigenvalue weighted by molar-refractivity contribution is 7.15. The summed E-state index contributed by atoms with van der Waals surface area (Å²) in [6.45, 7) is 1.87. The maximum atomic E-state index is 14.7. The van der Waals surface area contributed by atoms with Gasteiger partial charge >= 0.3 is 0 Å². The van der Waals surface area contributed by atoms with Crippen LogP contribution in [-0.4, -0.2) is 14.5 Å². The number of rotatable bonds is 4. The predicted octanol–water partition coefficient (Wildman–Crippen LogP) is 7.29. The van der Waals surface area contributed by atoms with E-state index in [0.29, 0.717) is 21.4 Å². The van der Waals surface area contributed by atoms with Crippen molar-refractivity contribution >= 4 is 45.4 Å². The first kappa shape index (κ1) is 20.5. The highest BCUT2D eigenvalue weighted by atomic mass is 35.5. The lowest BCUT2D eigenvalue weighted by Gasteiger charge is -2.22.